The molecule has 2 N–H and O–H groups in total. The first kappa shape index (κ1) is 11.4. The fourth-order valence-corrected chi connectivity index (χ4v) is 3.25. The van der Waals surface area contributed by atoms with Crippen LogP contribution in [0.4, 0.5) is 0 Å². The van der Waals surface area contributed by atoms with Crippen LogP contribution in [0.2, 0.25) is 0 Å². The number of rotatable bonds is 1. The molecule has 0 amide bonds. The van der Waals surface area contributed by atoms with Gasteiger partial charge in [-0.2, -0.15) is 0 Å². The molecular formula is C17H13NO2. The van der Waals surface area contributed by atoms with Crippen LogP contribution in [-0.2, 0) is 0 Å². The van der Waals surface area contributed by atoms with Gasteiger partial charge < -0.3 is 10.1 Å². The van der Waals surface area contributed by atoms with E-state index in [2.05, 4.69) is 4.98 Å². The zero-order valence-electron chi connectivity index (χ0n) is 10.8. The van der Waals surface area contributed by atoms with E-state index >= 15 is 0 Å². The molecule has 0 aliphatic heterocycles. The third kappa shape index (κ3) is 1.35. The number of pyridine rings is 1. The second kappa shape index (κ2) is 4.05. The van der Waals surface area contributed by atoms with Gasteiger partial charge in [0.2, 0.25) is 0 Å². The quantitative estimate of drug-likeness (QED) is 0.709. The van der Waals surface area contributed by atoms with Crippen molar-refractivity contribution < 1.29 is 5.11 Å². The van der Waals surface area contributed by atoms with Gasteiger partial charge in [-0.15, -0.1) is 0 Å². The summed E-state index contributed by atoms with van der Waals surface area (Å²) in [5.74, 6) is -0.0667. The first-order valence-electron chi connectivity index (χ1n) is 6.66. The third-order valence-corrected chi connectivity index (χ3v) is 4.11. The summed E-state index contributed by atoms with van der Waals surface area (Å²) in [6, 6.07) is 15.5. The topological polar surface area (TPSA) is 53.1 Å². The molecular weight excluding hydrogens is 250 g/mol. The normalized spacial score (nSPS) is 16.1. The molecule has 0 radical (unpaired) electrons. The fraction of sp³-hybridized carbons (Fsp3) is 0.118. The van der Waals surface area contributed by atoms with Gasteiger partial charge in [0.1, 0.15) is 0 Å². The van der Waals surface area contributed by atoms with Gasteiger partial charge in [0.15, 0.2) is 0 Å². The van der Waals surface area contributed by atoms with Gasteiger partial charge in [-0.05, 0) is 22.6 Å². The number of aliphatic hydroxyl groups is 1. The predicted octanol–water partition coefficient (Wildman–Crippen LogP) is 2.63. The van der Waals surface area contributed by atoms with E-state index in [1.807, 2.05) is 48.5 Å². The summed E-state index contributed by atoms with van der Waals surface area (Å²) in [7, 11) is 0. The molecule has 3 nitrogen and oxygen atoms in total. The Balaban J connectivity index is 2.19. The van der Waals surface area contributed by atoms with Crippen LogP contribution in [-0.4, -0.2) is 16.7 Å². The van der Waals surface area contributed by atoms with Crippen LogP contribution in [0.25, 0.3) is 22.0 Å². The Bertz CT molecular complexity index is 880. The Kier molecular flexibility index (Phi) is 2.32. The van der Waals surface area contributed by atoms with Crippen LogP contribution in [0.3, 0.4) is 0 Å². The largest absolute Gasteiger partial charge is 0.395 e. The SMILES string of the molecule is O=c1[nH]c2c(c3ccccc13)C(CO)c1ccccc1-2. The molecule has 3 heteroatoms. The highest BCUT2D eigenvalue weighted by molar-refractivity contribution is 5.94. The van der Waals surface area contributed by atoms with E-state index in [1.54, 1.807) is 0 Å². The highest BCUT2D eigenvalue weighted by atomic mass is 16.3. The second-order valence-corrected chi connectivity index (χ2v) is 5.11. The van der Waals surface area contributed by atoms with Gasteiger partial charge in [-0.1, -0.05) is 42.5 Å². The van der Waals surface area contributed by atoms with Crippen molar-refractivity contribution in [2.24, 2.45) is 0 Å². The Morgan fingerprint density at radius 3 is 2.50 bits per heavy atom. The van der Waals surface area contributed by atoms with Crippen molar-refractivity contribution in [2.45, 2.75) is 5.92 Å². The first-order valence-corrected chi connectivity index (χ1v) is 6.66. The monoisotopic (exact) mass is 263 g/mol. The lowest BCUT2D eigenvalue weighted by Crippen LogP contribution is -2.10. The van der Waals surface area contributed by atoms with Crippen LogP contribution >= 0.6 is 0 Å². The summed E-state index contributed by atoms with van der Waals surface area (Å²) in [4.78, 5) is 15.2. The zero-order chi connectivity index (χ0) is 13.7. The molecule has 1 heterocycles. The molecule has 0 bridgehead atoms. The minimum Gasteiger partial charge on any atom is -0.395 e. The van der Waals surface area contributed by atoms with Gasteiger partial charge >= 0.3 is 0 Å². The second-order valence-electron chi connectivity index (χ2n) is 5.11. The van der Waals surface area contributed by atoms with Crippen LogP contribution in [0, 0.1) is 0 Å². The molecule has 1 aliphatic carbocycles. The Morgan fingerprint density at radius 2 is 1.70 bits per heavy atom. The smallest absolute Gasteiger partial charge is 0.256 e. The molecule has 20 heavy (non-hydrogen) atoms. The summed E-state index contributed by atoms with van der Waals surface area (Å²) in [5.41, 5.74) is 3.90. The van der Waals surface area contributed by atoms with E-state index in [-0.39, 0.29) is 18.1 Å². The van der Waals surface area contributed by atoms with Gasteiger partial charge in [-0.25, -0.2) is 0 Å². The third-order valence-electron chi connectivity index (χ3n) is 4.11. The van der Waals surface area contributed by atoms with E-state index < -0.39 is 0 Å². The van der Waals surface area contributed by atoms with E-state index in [4.69, 9.17) is 0 Å². The van der Waals surface area contributed by atoms with Crippen molar-refractivity contribution in [3.63, 3.8) is 0 Å². The van der Waals surface area contributed by atoms with E-state index in [0.29, 0.717) is 5.39 Å². The van der Waals surface area contributed by atoms with Crippen molar-refractivity contribution in [1.29, 1.82) is 0 Å². The summed E-state index contributed by atoms with van der Waals surface area (Å²) in [6.07, 6.45) is 0. The summed E-state index contributed by atoms with van der Waals surface area (Å²) in [6.45, 7) is 0.0417. The number of aromatic nitrogens is 1. The van der Waals surface area contributed by atoms with Crippen LogP contribution in [0.5, 0.6) is 0 Å². The molecule has 3 aromatic rings. The molecule has 1 atom stereocenters. The maximum Gasteiger partial charge on any atom is 0.256 e. The minimum atomic E-state index is -0.0762. The standard InChI is InChI=1S/C17H13NO2/c19-9-14-10-5-1-3-7-12(10)16-15(14)11-6-2-4-8-13(11)17(20)18-16/h1-8,14,19H,9H2,(H,18,20). The Hall–Kier alpha value is -2.39. The van der Waals surface area contributed by atoms with Crippen LogP contribution in [0.15, 0.2) is 53.3 Å². The number of H-pyrrole nitrogens is 1. The number of aromatic amines is 1. The fourth-order valence-electron chi connectivity index (χ4n) is 3.25. The average Bonchev–Trinajstić information content (AvgIpc) is 2.82. The van der Waals surface area contributed by atoms with E-state index in [1.165, 1.54) is 0 Å². The molecule has 4 rings (SSSR count). The average molecular weight is 263 g/mol. The number of fused-ring (bicyclic) bond motifs is 5. The highest BCUT2D eigenvalue weighted by Gasteiger charge is 2.30. The number of hydrogen-bond acceptors (Lipinski definition) is 2. The number of benzene rings is 2. The Labute approximate surface area is 115 Å². The number of aliphatic hydroxyl groups excluding tert-OH is 1. The van der Waals surface area contributed by atoms with Crippen molar-refractivity contribution in [3.8, 4) is 11.3 Å². The van der Waals surface area contributed by atoms with Crippen molar-refractivity contribution in [3.05, 3.63) is 70.0 Å². The van der Waals surface area contributed by atoms with Gasteiger partial charge in [0, 0.05) is 16.9 Å². The molecule has 2 aromatic carbocycles. The predicted molar refractivity (Wildman–Crippen MR) is 78.9 cm³/mol. The highest BCUT2D eigenvalue weighted by Crippen LogP contribution is 2.45. The molecule has 1 aliphatic rings. The number of hydrogen-bond donors (Lipinski definition) is 2. The maximum atomic E-state index is 12.2. The van der Waals surface area contributed by atoms with Crippen molar-refractivity contribution in [1.82, 2.24) is 4.98 Å². The molecule has 1 aromatic heterocycles. The lowest BCUT2D eigenvalue weighted by Gasteiger charge is -2.12. The van der Waals surface area contributed by atoms with E-state index in [9.17, 15) is 9.90 Å². The van der Waals surface area contributed by atoms with Crippen molar-refractivity contribution in [2.75, 3.05) is 6.61 Å². The summed E-state index contributed by atoms with van der Waals surface area (Å²) >= 11 is 0. The van der Waals surface area contributed by atoms with Gasteiger partial charge in [-0.3, -0.25) is 4.79 Å². The van der Waals surface area contributed by atoms with Crippen LogP contribution in [0.1, 0.15) is 17.0 Å². The summed E-state index contributed by atoms with van der Waals surface area (Å²) in [5, 5.41) is 11.4. The number of nitrogens with one attached hydrogen (secondary N) is 1. The molecule has 0 spiro atoms. The Morgan fingerprint density at radius 1 is 1.00 bits per heavy atom. The van der Waals surface area contributed by atoms with Crippen molar-refractivity contribution >= 4 is 10.8 Å². The molecule has 0 fully saturated rings. The van der Waals surface area contributed by atoms with E-state index in [0.717, 1.165) is 27.8 Å². The summed E-state index contributed by atoms with van der Waals surface area (Å²) < 4.78 is 0. The molecule has 0 saturated carbocycles. The zero-order valence-corrected chi connectivity index (χ0v) is 10.8. The first-order chi connectivity index (χ1) is 9.81. The molecule has 98 valence electrons. The lowest BCUT2D eigenvalue weighted by atomic mass is 9.95. The van der Waals surface area contributed by atoms with Gasteiger partial charge in [0.05, 0.1) is 12.3 Å². The maximum absolute atomic E-state index is 12.2. The van der Waals surface area contributed by atoms with Crippen LogP contribution < -0.4 is 5.56 Å². The van der Waals surface area contributed by atoms with Gasteiger partial charge in [0.25, 0.3) is 5.56 Å². The molecule has 1 unspecified atom stereocenters. The molecule has 0 saturated heterocycles. The minimum absolute atomic E-state index is 0.0417. The lowest BCUT2D eigenvalue weighted by molar-refractivity contribution is 0.283.